The zero-order chi connectivity index (χ0) is 15.0. The van der Waals surface area contributed by atoms with Crippen LogP contribution in [-0.4, -0.2) is 18.5 Å². The zero-order valence-corrected chi connectivity index (χ0v) is 15.1. The molecule has 1 aliphatic heterocycles. The molecule has 1 aromatic carbocycles. The van der Waals surface area contributed by atoms with Gasteiger partial charge >= 0.3 is 0 Å². The number of hydrogen-bond donors (Lipinski definition) is 0. The van der Waals surface area contributed by atoms with Crippen LogP contribution in [0.15, 0.2) is 28.1 Å². The summed E-state index contributed by atoms with van der Waals surface area (Å²) in [5.41, 5.74) is 3.86. The summed E-state index contributed by atoms with van der Waals surface area (Å²) in [5, 5.41) is 2.18. The van der Waals surface area contributed by atoms with Crippen LogP contribution in [0.4, 0.5) is 0 Å². The SMILES string of the molecule is Cc1cc(OC2CCN(C)Cc3ccsc32)cc(C)c1Br. The van der Waals surface area contributed by atoms with Crippen LogP contribution >= 0.6 is 27.3 Å². The van der Waals surface area contributed by atoms with Gasteiger partial charge in [0, 0.05) is 28.9 Å². The van der Waals surface area contributed by atoms with E-state index in [1.807, 2.05) is 11.3 Å². The Morgan fingerprint density at radius 1 is 1.29 bits per heavy atom. The maximum Gasteiger partial charge on any atom is 0.134 e. The number of hydrogen-bond acceptors (Lipinski definition) is 3. The van der Waals surface area contributed by atoms with Gasteiger partial charge in [0.25, 0.3) is 0 Å². The van der Waals surface area contributed by atoms with Gasteiger partial charge in [-0.25, -0.2) is 0 Å². The third-order valence-corrected chi connectivity index (χ3v) is 6.28. The van der Waals surface area contributed by atoms with Crippen molar-refractivity contribution in [2.24, 2.45) is 0 Å². The summed E-state index contributed by atoms with van der Waals surface area (Å²) in [6.45, 7) is 6.32. The Bertz CT molecular complexity index is 629. The number of fused-ring (bicyclic) bond motifs is 1. The van der Waals surface area contributed by atoms with Crippen molar-refractivity contribution in [3.8, 4) is 5.75 Å². The first kappa shape index (κ1) is 15.1. The molecular formula is C17H20BrNOS. The second-order valence-corrected chi connectivity index (χ2v) is 7.55. The normalized spacial score (nSPS) is 19.1. The first-order valence-corrected chi connectivity index (χ1v) is 8.90. The standard InChI is InChI=1S/C17H20BrNOS/c1-11-8-14(9-12(2)16(11)18)20-15-4-6-19(3)10-13-5-7-21-17(13)15/h5,7-9,15H,4,6,10H2,1-3H3. The quantitative estimate of drug-likeness (QED) is 0.735. The van der Waals surface area contributed by atoms with E-state index in [0.29, 0.717) is 0 Å². The highest BCUT2D eigenvalue weighted by Gasteiger charge is 2.23. The summed E-state index contributed by atoms with van der Waals surface area (Å²) in [7, 11) is 2.18. The van der Waals surface area contributed by atoms with E-state index in [4.69, 9.17) is 4.74 Å². The van der Waals surface area contributed by atoms with Crippen molar-refractivity contribution in [1.82, 2.24) is 4.90 Å². The topological polar surface area (TPSA) is 12.5 Å². The Balaban J connectivity index is 1.88. The molecule has 0 saturated heterocycles. The van der Waals surface area contributed by atoms with Crippen molar-refractivity contribution in [2.45, 2.75) is 32.9 Å². The van der Waals surface area contributed by atoms with Crippen LogP contribution < -0.4 is 4.74 Å². The second-order valence-electron chi connectivity index (χ2n) is 5.81. The Kier molecular flexibility index (Phi) is 4.38. The molecule has 0 amide bonds. The Labute approximate surface area is 138 Å². The van der Waals surface area contributed by atoms with E-state index < -0.39 is 0 Å². The molecule has 0 aliphatic carbocycles. The minimum Gasteiger partial charge on any atom is -0.485 e. The van der Waals surface area contributed by atoms with Gasteiger partial charge in [-0.05, 0) is 61.2 Å². The van der Waals surface area contributed by atoms with Crippen molar-refractivity contribution in [1.29, 1.82) is 0 Å². The molecule has 112 valence electrons. The number of nitrogens with zero attached hydrogens (tertiary/aromatic N) is 1. The van der Waals surface area contributed by atoms with Crippen molar-refractivity contribution in [3.63, 3.8) is 0 Å². The van der Waals surface area contributed by atoms with Crippen LogP contribution in [-0.2, 0) is 6.54 Å². The highest BCUT2D eigenvalue weighted by atomic mass is 79.9. The molecule has 2 nitrogen and oxygen atoms in total. The fourth-order valence-electron chi connectivity index (χ4n) is 2.85. The summed E-state index contributed by atoms with van der Waals surface area (Å²) >= 11 is 5.44. The fourth-order valence-corrected chi connectivity index (χ4v) is 4.06. The third kappa shape index (κ3) is 3.17. The number of ether oxygens (including phenoxy) is 1. The van der Waals surface area contributed by atoms with E-state index >= 15 is 0 Å². The number of halogens is 1. The van der Waals surface area contributed by atoms with Crippen molar-refractivity contribution < 1.29 is 4.74 Å². The second kappa shape index (κ2) is 6.11. The summed E-state index contributed by atoms with van der Waals surface area (Å²) in [6, 6.07) is 6.48. The van der Waals surface area contributed by atoms with Gasteiger partial charge in [-0.15, -0.1) is 11.3 Å². The number of aryl methyl sites for hydroxylation is 2. The van der Waals surface area contributed by atoms with Gasteiger partial charge in [0.1, 0.15) is 11.9 Å². The predicted molar refractivity (Wildman–Crippen MR) is 92.3 cm³/mol. The van der Waals surface area contributed by atoms with Crippen molar-refractivity contribution >= 4 is 27.3 Å². The monoisotopic (exact) mass is 365 g/mol. The molecule has 1 unspecified atom stereocenters. The fraction of sp³-hybridized carbons (Fsp3) is 0.412. The Morgan fingerprint density at radius 3 is 2.71 bits per heavy atom. The van der Waals surface area contributed by atoms with E-state index in [-0.39, 0.29) is 6.10 Å². The largest absolute Gasteiger partial charge is 0.485 e. The molecule has 3 rings (SSSR count). The average molecular weight is 366 g/mol. The van der Waals surface area contributed by atoms with Crippen LogP contribution in [0.5, 0.6) is 5.75 Å². The number of thiophene rings is 1. The molecule has 0 fully saturated rings. The molecule has 1 aliphatic rings. The molecular weight excluding hydrogens is 346 g/mol. The average Bonchev–Trinajstić information content (AvgIpc) is 2.83. The van der Waals surface area contributed by atoms with Gasteiger partial charge < -0.3 is 9.64 Å². The van der Waals surface area contributed by atoms with Crippen LogP contribution in [0.2, 0.25) is 0 Å². The van der Waals surface area contributed by atoms with Crippen molar-refractivity contribution in [2.75, 3.05) is 13.6 Å². The van der Waals surface area contributed by atoms with Crippen LogP contribution in [0.25, 0.3) is 0 Å². The maximum absolute atomic E-state index is 6.35. The molecule has 2 aromatic rings. The van der Waals surface area contributed by atoms with Gasteiger partial charge in [-0.3, -0.25) is 0 Å². The predicted octanol–water partition coefficient (Wildman–Crippen LogP) is 5.08. The number of benzene rings is 1. The highest BCUT2D eigenvalue weighted by molar-refractivity contribution is 9.10. The molecule has 21 heavy (non-hydrogen) atoms. The summed E-state index contributed by atoms with van der Waals surface area (Å²) in [4.78, 5) is 3.75. The van der Waals surface area contributed by atoms with Crippen LogP contribution in [0.1, 0.15) is 34.1 Å². The molecule has 1 atom stereocenters. The number of rotatable bonds is 2. The van der Waals surface area contributed by atoms with Crippen LogP contribution in [0, 0.1) is 13.8 Å². The molecule has 0 N–H and O–H groups in total. The maximum atomic E-state index is 6.35. The summed E-state index contributed by atoms with van der Waals surface area (Å²) in [5.74, 6) is 0.974. The lowest BCUT2D eigenvalue weighted by molar-refractivity contribution is 0.185. The van der Waals surface area contributed by atoms with E-state index in [2.05, 4.69) is 65.3 Å². The van der Waals surface area contributed by atoms with Gasteiger partial charge in [-0.1, -0.05) is 15.9 Å². The zero-order valence-electron chi connectivity index (χ0n) is 12.6. The lowest BCUT2D eigenvalue weighted by Gasteiger charge is -2.19. The summed E-state index contributed by atoms with van der Waals surface area (Å²) in [6.07, 6.45) is 1.21. The van der Waals surface area contributed by atoms with Gasteiger partial charge in [0.15, 0.2) is 0 Å². The lowest BCUT2D eigenvalue weighted by Crippen LogP contribution is -2.18. The molecule has 0 radical (unpaired) electrons. The first-order valence-electron chi connectivity index (χ1n) is 7.23. The van der Waals surface area contributed by atoms with Gasteiger partial charge in [0.05, 0.1) is 0 Å². The Morgan fingerprint density at radius 2 is 2.00 bits per heavy atom. The van der Waals surface area contributed by atoms with Crippen LogP contribution in [0.3, 0.4) is 0 Å². The van der Waals surface area contributed by atoms with E-state index in [1.54, 1.807) is 0 Å². The first-order chi connectivity index (χ1) is 10.0. The lowest BCUT2D eigenvalue weighted by atomic mass is 10.1. The van der Waals surface area contributed by atoms with E-state index in [1.165, 1.54) is 26.0 Å². The minimum atomic E-state index is 0.171. The van der Waals surface area contributed by atoms with Gasteiger partial charge in [0.2, 0.25) is 0 Å². The van der Waals surface area contributed by atoms with Crippen molar-refractivity contribution in [3.05, 3.63) is 49.6 Å². The minimum absolute atomic E-state index is 0.171. The molecule has 0 spiro atoms. The Hall–Kier alpha value is -0.840. The molecule has 2 heterocycles. The molecule has 4 heteroatoms. The molecule has 1 aromatic heterocycles. The molecule has 0 saturated carbocycles. The third-order valence-electron chi connectivity index (χ3n) is 3.97. The van der Waals surface area contributed by atoms with E-state index in [0.717, 1.165) is 25.3 Å². The smallest absolute Gasteiger partial charge is 0.134 e. The highest BCUT2D eigenvalue weighted by Crippen LogP contribution is 2.36. The molecule has 0 bridgehead atoms. The van der Waals surface area contributed by atoms with Gasteiger partial charge in [-0.2, -0.15) is 0 Å². The van der Waals surface area contributed by atoms with E-state index in [9.17, 15) is 0 Å². The summed E-state index contributed by atoms with van der Waals surface area (Å²) < 4.78 is 7.52.